The fourth-order valence-corrected chi connectivity index (χ4v) is 4.01. The highest BCUT2D eigenvalue weighted by Gasteiger charge is 2.30. The molecule has 2 atom stereocenters. The Balaban J connectivity index is 1.57. The van der Waals surface area contributed by atoms with Crippen LogP contribution in [0.3, 0.4) is 0 Å². The Morgan fingerprint density at radius 3 is 2.95 bits per heavy atom. The first-order valence-electron chi connectivity index (χ1n) is 6.59. The summed E-state index contributed by atoms with van der Waals surface area (Å²) in [5.74, 6) is 0.870. The van der Waals surface area contributed by atoms with E-state index in [0.717, 1.165) is 24.3 Å². The fourth-order valence-electron chi connectivity index (χ4n) is 2.59. The van der Waals surface area contributed by atoms with E-state index in [1.165, 1.54) is 0 Å². The van der Waals surface area contributed by atoms with Gasteiger partial charge in [0.1, 0.15) is 11.9 Å². The largest absolute Gasteiger partial charge is 0.488 e. The Morgan fingerprint density at radius 2 is 2.21 bits per heavy atom. The number of ether oxygens (including phenoxy) is 1. The van der Waals surface area contributed by atoms with Crippen LogP contribution in [0.5, 0.6) is 5.75 Å². The summed E-state index contributed by atoms with van der Waals surface area (Å²) < 4.78 is 32.5. The Kier molecular flexibility index (Phi) is 3.47. The maximum Gasteiger partial charge on any atom is 0.215 e. The van der Waals surface area contributed by atoms with Gasteiger partial charge in [-0.1, -0.05) is 18.2 Å². The first-order chi connectivity index (χ1) is 9.15. The molecule has 2 heterocycles. The second-order valence-electron chi connectivity index (χ2n) is 5.06. The predicted molar refractivity (Wildman–Crippen MR) is 72.8 cm³/mol. The summed E-state index contributed by atoms with van der Waals surface area (Å²) in [7, 11) is -3.23. The summed E-state index contributed by atoms with van der Waals surface area (Å²) in [6, 6.07) is 7.84. The van der Waals surface area contributed by atoms with Crippen molar-refractivity contribution >= 4 is 10.0 Å². The molecule has 0 spiro atoms. The molecule has 5 nitrogen and oxygen atoms in total. The maximum atomic E-state index is 12.1. The summed E-state index contributed by atoms with van der Waals surface area (Å²) in [5, 5.41) is 2.76. The molecular weight excluding hydrogens is 264 g/mol. The van der Waals surface area contributed by atoms with Crippen molar-refractivity contribution in [3.8, 4) is 5.75 Å². The molecule has 1 saturated heterocycles. The molecular formula is C13H18N2O3S. The van der Waals surface area contributed by atoms with Crippen LogP contribution in [0.1, 0.15) is 12.0 Å². The third-order valence-corrected chi connectivity index (χ3v) is 5.53. The molecule has 0 radical (unpaired) electrons. The minimum absolute atomic E-state index is 0.0958. The summed E-state index contributed by atoms with van der Waals surface area (Å²) in [6.45, 7) is 1.66. The molecule has 2 unspecified atom stereocenters. The minimum atomic E-state index is -3.23. The molecule has 3 rings (SSSR count). The topological polar surface area (TPSA) is 67.4 Å². The quantitative estimate of drug-likeness (QED) is 0.832. The van der Waals surface area contributed by atoms with Gasteiger partial charge in [0.05, 0.1) is 5.25 Å². The lowest BCUT2D eigenvalue weighted by Crippen LogP contribution is -2.40. The van der Waals surface area contributed by atoms with E-state index in [-0.39, 0.29) is 11.4 Å². The fraction of sp³-hybridized carbons (Fsp3) is 0.538. The lowest BCUT2D eigenvalue weighted by Gasteiger charge is -2.15. The lowest BCUT2D eigenvalue weighted by molar-refractivity contribution is 0.236. The molecule has 0 bridgehead atoms. The highest BCUT2D eigenvalue weighted by atomic mass is 32.2. The molecule has 19 heavy (non-hydrogen) atoms. The monoisotopic (exact) mass is 282 g/mol. The zero-order valence-corrected chi connectivity index (χ0v) is 11.4. The molecule has 2 N–H and O–H groups in total. The van der Waals surface area contributed by atoms with Crippen molar-refractivity contribution in [2.75, 3.05) is 19.6 Å². The maximum absolute atomic E-state index is 12.1. The van der Waals surface area contributed by atoms with E-state index >= 15 is 0 Å². The highest BCUT2D eigenvalue weighted by molar-refractivity contribution is 7.90. The standard InChI is InChI=1S/C13H18N2O3S/c16-19(17,12-5-6-14-9-12)15-8-11-7-10-3-1-2-4-13(10)18-11/h1-4,11-12,14-15H,5-9H2. The highest BCUT2D eigenvalue weighted by Crippen LogP contribution is 2.27. The zero-order chi connectivity index (χ0) is 13.3. The third-order valence-electron chi connectivity index (χ3n) is 3.68. The average molecular weight is 282 g/mol. The average Bonchev–Trinajstić information content (AvgIpc) is 3.05. The molecule has 104 valence electrons. The predicted octanol–water partition coefficient (Wildman–Crippen LogP) is 0.271. The normalized spacial score (nSPS) is 26.1. The second kappa shape index (κ2) is 5.11. The molecule has 0 amide bonds. The van der Waals surface area contributed by atoms with Crippen LogP contribution >= 0.6 is 0 Å². The Hall–Kier alpha value is -1.11. The van der Waals surface area contributed by atoms with Crippen molar-refractivity contribution in [1.82, 2.24) is 10.0 Å². The summed E-state index contributed by atoms with van der Waals surface area (Å²) in [5.41, 5.74) is 1.15. The van der Waals surface area contributed by atoms with Crippen molar-refractivity contribution in [2.24, 2.45) is 0 Å². The minimum Gasteiger partial charge on any atom is -0.488 e. The van der Waals surface area contributed by atoms with Crippen molar-refractivity contribution in [2.45, 2.75) is 24.2 Å². The number of hydrogen-bond donors (Lipinski definition) is 2. The summed E-state index contributed by atoms with van der Waals surface area (Å²) in [6.07, 6.45) is 1.35. The smallest absolute Gasteiger partial charge is 0.215 e. The molecule has 1 fully saturated rings. The van der Waals surface area contributed by atoms with Crippen LogP contribution in [-0.4, -0.2) is 39.4 Å². The number of sulfonamides is 1. The molecule has 0 aromatic heterocycles. The molecule has 1 aromatic carbocycles. The Labute approximate surface area is 113 Å². The van der Waals surface area contributed by atoms with Gasteiger partial charge in [-0.2, -0.15) is 0 Å². The lowest BCUT2D eigenvalue weighted by atomic mass is 10.1. The number of hydrogen-bond acceptors (Lipinski definition) is 4. The Bertz CT molecular complexity index is 528. The van der Waals surface area contributed by atoms with Crippen molar-refractivity contribution in [3.05, 3.63) is 29.8 Å². The molecule has 0 saturated carbocycles. The number of nitrogens with one attached hydrogen (secondary N) is 2. The van der Waals surface area contributed by atoms with E-state index in [1.807, 2.05) is 24.3 Å². The summed E-state index contributed by atoms with van der Waals surface area (Å²) >= 11 is 0. The second-order valence-corrected chi connectivity index (χ2v) is 7.11. The van der Waals surface area contributed by atoms with Gasteiger partial charge in [-0.05, 0) is 24.6 Å². The zero-order valence-electron chi connectivity index (χ0n) is 10.6. The molecule has 0 aliphatic carbocycles. The van der Waals surface area contributed by atoms with Crippen LogP contribution in [0.15, 0.2) is 24.3 Å². The van der Waals surface area contributed by atoms with E-state index in [2.05, 4.69) is 10.0 Å². The Morgan fingerprint density at radius 1 is 1.37 bits per heavy atom. The van der Waals surface area contributed by atoms with Gasteiger partial charge < -0.3 is 10.1 Å². The van der Waals surface area contributed by atoms with Gasteiger partial charge in [-0.3, -0.25) is 0 Å². The molecule has 2 aliphatic rings. The van der Waals surface area contributed by atoms with Gasteiger partial charge in [-0.25, -0.2) is 13.1 Å². The van der Waals surface area contributed by atoms with E-state index in [9.17, 15) is 8.42 Å². The van der Waals surface area contributed by atoms with Gasteiger partial charge in [0, 0.05) is 19.5 Å². The van der Waals surface area contributed by atoms with E-state index in [4.69, 9.17) is 4.74 Å². The van der Waals surface area contributed by atoms with Crippen molar-refractivity contribution < 1.29 is 13.2 Å². The molecule has 2 aliphatic heterocycles. The number of rotatable bonds is 4. The van der Waals surface area contributed by atoms with Crippen LogP contribution in [0.4, 0.5) is 0 Å². The first-order valence-corrected chi connectivity index (χ1v) is 8.13. The van der Waals surface area contributed by atoms with Gasteiger partial charge in [-0.15, -0.1) is 0 Å². The summed E-state index contributed by atoms with van der Waals surface area (Å²) in [4.78, 5) is 0. The van der Waals surface area contributed by atoms with Crippen LogP contribution in [0, 0.1) is 0 Å². The van der Waals surface area contributed by atoms with Crippen LogP contribution in [-0.2, 0) is 16.4 Å². The van der Waals surface area contributed by atoms with Gasteiger partial charge in [0.25, 0.3) is 0 Å². The van der Waals surface area contributed by atoms with E-state index in [0.29, 0.717) is 19.5 Å². The SMILES string of the molecule is O=S(=O)(NCC1Cc2ccccc2O1)C1CCNC1. The molecule has 6 heteroatoms. The number of para-hydroxylation sites is 1. The van der Waals surface area contributed by atoms with Crippen LogP contribution in [0.2, 0.25) is 0 Å². The third kappa shape index (κ3) is 2.75. The number of benzene rings is 1. The number of fused-ring (bicyclic) bond motifs is 1. The van der Waals surface area contributed by atoms with Gasteiger partial charge in [0.15, 0.2) is 0 Å². The molecule has 1 aromatic rings. The van der Waals surface area contributed by atoms with Gasteiger partial charge in [0.2, 0.25) is 10.0 Å². The van der Waals surface area contributed by atoms with Crippen LogP contribution in [0.25, 0.3) is 0 Å². The van der Waals surface area contributed by atoms with E-state index < -0.39 is 10.0 Å². The van der Waals surface area contributed by atoms with Crippen molar-refractivity contribution in [1.29, 1.82) is 0 Å². The van der Waals surface area contributed by atoms with Crippen molar-refractivity contribution in [3.63, 3.8) is 0 Å². The van der Waals surface area contributed by atoms with Gasteiger partial charge >= 0.3 is 0 Å². The first kappa shape index (κ1) is 12.9. The van der Waals surface area contributed by atoms with E-state index in [1.54, 1.807) is 0 Å². The van der Waals surface area contributed by atoms with Crippen LogP contribution < -0.4 is 14.8 Å².